The van der Waals surface area contributed by atoms with Gasteiger partial charge in [-0.25, -0.2) is 8.42 Å². The van der Waals surface area contributed by atoms with Crippen LogP contribution < -0.4 is 4.72 Å². The van der Waals surface area contributed by atoms with E-state index in [2.05, 4.69) is 4.72 Å². The highest BCUT2D eigenvalue weighted by Crippen LogP contribution is 2.29. The Labute approximate surface area is 171 Å². The minimum absolute atomic E-state index is 0.175. The minimum Gasteiger partial charge on any atom is -0.339 e. The van der Waals surface area contributed by atoms with Crippen LogP contribution in [-0.2, 0) is 10.0 Å². The second kappa shape index (κ2) is 8.13. The van der Waals surface area contributed by atoms with Crippen molar-refractivity contribution in [2.75, 3.05) is 17.8 Å². The van der Waals surface area contributed by atoms with Gasteiger partial charge < -0.3 is 4.90 Å². The molecule has 1 heterocycles. The summed E-state index contributed by atoms with van der Waals surface area (Å²) >= 11 is 6.11. The van der Waals surface area contributed by atoms with Crippen LogP contribution in [0.4, 0.5) is 5.69 Å². The first-order valence-corrected chi connectivity index (χ1v) is 11.2. The van der Waals surface area contributed by atoms with E-state index in [1.54, 1.807) is 30.9 Å². The molecule has 28 heavy (non-hydrogen) atoms. The smallest absolute Gasteiger partial charge is 0.262 e. The van der Waals surface area contributed by atoms with Gasteiger partial charge in [0.05, 0.1) is 16.1 Å². The summed E-state index contributed by atoms with van der Waals surface area (Å²) in [6.45, 7) is 6.84. The SMILES string of the molecule is Cc1cc(C)c(S(=O)(=O)Nc2cc(Cl)ccc2C(=O)N2CCCCC2)c(C)c1. The van der Waals surface area contributed by atoms with E-state index in [4.69, 9.17) is 11.6 Å². The number of carbonyl (C=O) groups excluding carboxylic acids is 1. The Bertz CT molecular complexity index is 989. The summed E-state index contributed by atoms with van der Waals surface area (Å²) in [5.74, 6) is -0.175. The van der Waals surface area contributed by atoms with Gasteiger partial charge in [0.15, 0.2) is 0 Å². The van der Waals surface area contributed by atoms with Crippen molar-refractivity contribution in [2.24, 2.45) is 0 Å². The van der Waals surface area contributed by atoms with Crippen LogP contribution in [0.15, 0.2) is 35.2 Å². The number of hydrogen-bond acceptors (Lipinski definition) is 3. The van der Waals surface area contributed by atoms with Gasteiger partial charge in [-0.3, -0.25) is 9.52 Å². The predicted octanol–water partition coefficient (Wildman–Crippen LogP) is 4.69. The number of anilines is 1. The topological polar surface area (TPSA) is 66.5 Å². The Kier molecular flexibility index (Phi) is 6.01. The molecule has 0 spiro atoms. The molecule has 1 amide bonds. The number of nitrogens with one attached hydrogen (secondary N) is 1. The van der Waals surface area contributed by atoms with E-state index in [1.165, 1.54) is 6.07 Å². The third-order valence-electron chi connectivity index (χ3n) is 4.97. The van der Waals surface area contributed by atoms with Crippen molar-refractivity contribution in [3.63, 3.8) is 0 Å². The molecule has 1 saturated heterocycles. The molecule has 0 aliphatic carbocycles. The molecule has 0 bridgehead atoms. The number of nitrogens with zero attached hydrogens (tertiary/aromatic N) is 1. The van der Waals surface area contributed by atoms with Crippen molar-refractivity contribution in [3.05, 3.63) is 57.6 Å². The number of halogens is 1. The quantitative estimate of drug-likeness (QED) is 0.780. The molecule has 1 N–H and O–H groups in total. The average Bonchev–Trinajstić information content (AvgIpc) is 2.60. The standard InChI is InChI=1S/C21H25ClN2O3S/c1-14-11-15(2)20(16(3)12-14)28(26,27)23-19-13-17(22)7-8-18(19)21(25)24-9-5-4-6-10-24/h7-8,11-13,23H,4-6,9-10H2,1-3H3. The zero-order valence-electron chi connectivity index (χ0n) is 16.4. The summed E-state index contributed by atoms with van der Waals surface area (Å²) in [6, 6.07) is 8.36. The predicted molar refractivity (Wildman–Crippen MR) is 113 cm³/mol. The number of aryl methyl sites for hydroxylation is 3. The van der Waals surface area contributed by atoms with Crippen LogP contribution in [0.2, 0.25) is 5.02 Å². The van der Waals surface area contributed by atoms with Crippen molar-refractivity contribution in [3.8, 4) is 0 Å². The fourth-order valence-electron chi connectivity index (χ4n) is 3.84. The molecule has 3 rings (SSSR count). The number of sulfonamides is 1. The van der Waals surface area contributed by atoms with Crippen LogP contribution in [0.25, 0.3) is 0 Å². The zero-order valence-corrected chi connectivity index (χ0v) is 18.0. The number of amides is 1. The Morgan fingerprint density at radius 2 is 1.61 bits per heavy atom. The summed E-state index contributed by atoms with van der Waals surface area (Å²) < 4.78 is 28.9. The first-order chi connectivity index (χ1) is 13.2. The van der Waals surface area contributed by atoms with E-state index in [0.29, 0.717) is 34.8 Å². The van der Waals surface area contributed by atoms with Gasteiger partial charge in [0.1, 0.15) is 0 Å². The van der Waals surface area contributed by atoms with Crippen LogP contribution in [0.3, 0.4) is 0 Å². The molecule has 1 aliphatic heterocycles. The Morgan fingerprint density at radius 3 is 2.21 bits per heavy atom. The van der Waals surface area contributed by atoms with Gasteiger partial charge in [-0.05, 0) is 69.4 Å². The van der Waals surface area contributed by atoms with Crippen molar-refractivity contribution >= 4 is 33.2 Å². The van der Waals surface area contributed by atoms with Gasteiger partial charge >= 0.3 is 0 Å². The van der Waals surface area contributed by atoms with Crippen LogP contribution in [-0.4, -0.2) is 32.3 Å². The summed E-state index contributed by atoms with van der Waals surface area (Å²) in [5.41, 5.74) is 2.85. The number of hydrogen-bond donors (Lipinski definition) is 1. The lowest BCUT2D eigenvalue weighted by Gasteiger charge is -2.27. The Hall–Kier alpha value is -2.05. The summed E-state index contributed by atoms with van der Waals surface area (Å²) in [4.78, 5) is 15.0. The molecule has 150 valence electrons. The van der Waals surface area contributed by atoms with Crippen LogP contribution in [0.1, 0.15) is 46.3 Å². The zero-order chi connectivity index (χ0) is 20.5. The molecular weight excluding hydrogens is 396 g/mol. The van der Waals surface area contributed by atoms with Gasteiger partial charge in [0, 0.05) is 18.1 Å². The van der Waals surface area contributed by atoms with Crippen molar-refractivity contribution in [1.29, 1.82) is 0 Å². The molecule has 1 aliphatic rings. The number of rotatable bonds is 4. The number of benzene rings is 2. The first-order valence-electron chi connectivity index (χ1n) is 9.38. The molecule has 1 fully saturated rings. The molecular formula is C21H25ClN2O3S. The maximum Gasteiger partial charge on any atom is 0.262 e. The van der Waals surface area contributed by atoms with Gasteiger partial charge in [-0.1, -0.05) is 29.3 Å². The molecule has 0 aromatic heterocycles. The summed E-state index contributed by atoms with van der Waals surface area (Å²) in [5, 5.41) is 0.366. The molecule has 0 radical (unpaired) electrons. The molecule has 0 atom stereocenters. The lowest BCUT2D eigenvalue weighted by atomic mass is 10.1. The highest BCUT2D eigenvalue weighted by atomic mass is 35.5. The Balaban J connectivity index is 2.00. The normalized spacial score (nSPS) is 14.8. The Morgan fingerprint density at radius 1 is 1.00 bits per heavy atom. The summed E-state index contributed by atoms with van der Waals surface area (Å²) in [6.07, 6.45) is 3.03. The van der Waals surface area contributed by atoms with Gasteiger partial charge in [-0.15, -0.1) is 0 Å². The maximum absolute atomic E-state index is 13.1. The fourth-order valence-corrected chi connectivity index (χ4v) is 5.54. The third-order valence-corrected chi connectivity index (χ3v) is 6.88. The van der Waals surface area contributed by atoms with E-state index in [-0.39, 0.29) is 16.5 Å². The highest BCUT2D eigenvalue weighted by molar-refractivity contribution is 7.92. The number of carbonyl (C=O) groups is 1. The third kappa shape index (κ3) is 4.33. The maximum atomic E-state index is 13.1. The molecule has 7 heteroatoms. The number of piperidine rings is 1. The van der Waals surface area contributed by atoms with Gasteiger partial charge in [-0.2, -0.15) is 0 Å². The van der Waals surface area contributed by atoms with E-state index in [9.17, 15) is 13.2 Å². The van der Waals surface area contributed by atoms with E-state index in [1.807, 2.05) is 19.1 Å². The molecule has 2 aromatic rings. The highest BCUT2D eigenvalue weighted by Gasteiger charge is 2.25. The molecule has 0 saturated carbocycles. The minimum atomic E-state index is -3.87. The molecule has 2 aromatic carbocycles. The molecule has 0 unspecified atom stereocenters. The van der Waals surface area contributed by atoms with E-state index < -0.39 is 10.0 Å². The van der Waals surface area contributed by atoms with Crippen molar-refractivity contribution in [2.45, 2.75) is 44.9 Å². The van der Waals surface area contributed by atoms with Crippen molar-refractivity contribution < 1.29 is 13.2 Å². The second-order valence-electron chi connectivity index (χ2n) is 7.38. The second-order valence-corrected chi connectivity index (χ2v) is 9.43. The van der Waals surface area contributed by atoms with Crippen LogP contribution in [0.5, 0.6) is 0 Å². The van der Waals surface area contributed by atoms with Crippen LogP contribution >= 0.6 is 11.6 Å². The van der Waals surface area contributed by atoms with E-state index >= 15 is 0 Å². The first kappa shape index (κ1) is 20.7. The largest absolute Gasteiger partial charge is 0.339 e. The van der Waals surface area contributed by atoms with Gasteiger partial charge in [0.2, 0.25) is 0 Å². The van der Waals surface area contributed by atoms with E-state index in [0.717, 1.165) is 24.8 Å². The lowest BCUT2D eigenvalue weighted by molar-refractivity contribution is 0.0725. The average molecular weight is 421 g/mol. The fraction of sp³-hybridized carbons (Fsp3) is 0.381. The van der Waals surface area contributed by atoms with Crippen LogP contribution in [0, 0.1) is 20.8 Å². The monoisotopic (exact) mass is 420 g/mol. The van der Waals surface area contributed by atoms with Crippen molar-refractivity contribution in [1.82, 2.24) is 4.90 Å². The lowest BCUT2D eigenvalue weighted by Crippen LogP contribution is -2.36. The number of likely N-dealkylation sites (tertiary alicyclic amines) is 1. The van der Waals surface area contributed by atoms with Gasteiger partial charge in [0.25, 0.3) is 15.9 Å². The molecule has 5 nitrogen and oxygen atoms in total. The summed E-state index contributed by atoms with van der Waals surface area (Å²) in [7, 11) is -3.87.